The van der Waals surface area contributed by atoms with Crippen LogP contribution in [0, 0.1) is 0 Å². The molecule has 0 aromatic rings. The molecule has 4 heteroatoms. The summed E-state index contributed by atoms with van der Waals surface area (Å²) in [6.07, 6.45) is 7.19. The van der Waals surface area contributed by atoms with Gasteiger partial charge in [-0.3, -0.25) is 9.59 Å². The number of hydrogen-bond acceptors (Lipinski definition) is 2. The van der Waals surface area contributed by atoms with E-state index in [0.717, 1.165) is 32.4 Å². The number of carbonyl (C=O) groups excluding carboxylic acids is 2. The number of carbonyl (C=O) groups is 2. The first kappa shape index (κ1) is 10.2. The molecule has 2 rings (SSSR count). The topological polar surface area (TPSA) is 40.6 Å². The summed E-state index contributed by atoms with van der Waals surface area (Å²) in [5.74, 6) is 0.137. The molecule has 0 saturated carbocycles. The number of allylic oxidation sites excluding steroid dienone is 1. The van der Waals surface area contributed by atoms with E-state index in [0.29, 0.717) is 6.42 Å². The molecule has 0 spiro atoms. The largest absolute Gasteiger partial charge is 0.341 e. The molecule has 1 saturated heterocycles. The maximum atomic E-state index is 11.8. The molecule has 0 aromatic heterocycles. The lowest BCUT2D eigenvalue weighted by molar-refractivity contribution is -0.138. The molecule has 0 N–H and O–H groups in total. The summed E-state index contributed by atoms with van der Waals surface area (Å²) in [7, 11) is 0. The fourth-order valence-corrected chi connectivity index (χ4v) is 1.99. The molecule has 1 fully saturated rings. The van der Waals surface area contributed by atoms with Crippen LogP contribution in [0.4, 0.5) is 0 Å². The fourth-order valence-electron chi connectivity index (χ4n) is 1.99. The van der Waals surface area contributed by atoms with Gasteiger partial charge in [-0.15, -0.1) is 0 Å². The number of rotatable bonds is 2. The summed E-state index contributed by atoms with van der Waals surface area (Å²) >= 11 is 0. The minimum atomic E-state index is 0.0602. The van der Waals surface area contributed by atoms with E-state index in [2.05, 4.69) is 0 Å². The van der Waals surface area contributed by atoms with Crippen LogP contribution in [-0.2, 0) is 9.59 Å². The second-order valence-electron chi connectivity index (χ2n) is 4.03. The predicted octanol–water partition coefficient (Wildman–Crippen LogP) is 0.745. The Morgan fingerprint density at radius 2 is 2.07 bits per heavy atom. The Labute approximate surface area is 89.5 Å². The van der Waals surface area contributed by atoms with Crippen LogP contribution in [0.1, 0.15) is 25.7 Å². The van der Waals surface area contributed by atoms with Crippen LogP contribution in [0.2, 0.25) is 0 Å². The predicted molar refractivity (Wildman–Crippen MR) is 55.9 cm³/mol. The number of amides is 2. The Hall–Kier alpha value is -1.32. The van der Waals surface area contributed by atoms with Gasteiger partial charge in [0, 0.05) is 25.7 Å². The first-order valence-corrected chi connectivity index (χ1v) is 5.51. The molecule has 82 valence electrons. The van der Waals surface area contributed by atoms with Crippen LogP contribution in [0.25, 0.3) is 0 Å². The summed E-state index contributed by atoms with van der Waals surface area (Å²) in [6.45, 7) is 1.92. The molecular weight excluding hydrogens is 192 g/mol. The molecule has 0 bridgehead atoms. The minimum Gasteiger partial charge on any atom is -0.341 e. The lowest BCUT2D eigenvalue weighted by atomic mass is 10.2. The highest BCUT2D eigenvalue weighted by atomic mass is 16.2. The Morgan fingerprint density at radius 3 is 2.73 bits per heavy atom. The summed E-state index contributed by atoms with van der Waals surface area (Å²) < 4.78 is 0. The highest BCUT2D eigenvalue weighted by Crippen LogP contribution is 2.11. The number of nitrogens with zero attached hydrogens (tertiary/aromatic N) is 2. The van der Waals surface area contributed by atoms with Gasteiger partial charge in [0.25, 0.3) is 0 Å². The van der Waals surface area contributed by atoms with Crippen molar-refractivity contribution < 1.29 is 9.59 Å². The first-order chi connectivity index (χ1) is 7.27. The van der Waals surface area contributed by atoms with E-state index in [1.807, 2.05) is 11.0 Å². The van der Waals surface area contributed by atoms with Gasteiger partial charge in [-0.1, -0.05) is 6.08 Å². The van der Waals surface area contributed by atoms with Crippen molar-refractivity contribution in [3.63, 3.8) is 0 Å². The molecule has 0 unspecified atom stereocenters. The summed E-state index contributed by atoms with van der Waals surface area (Å²) in [5, 5.41) is 0. The highest BCUT2D eigenvalue weighted by Gasteiger charge is 2.22. The van der Waals surface area contributed by atoms with Gasteiger partial charge in [0.2, 0.25) is 11.8 Å². The van der Waals surface area contributed by atoms with E-state index in [1.54, 1.807) is 6.20 Å². The van der Waals surface area contributed by atoms with Gasteiger partial charge in [0.1, 0.15) is 6.54 Å². The molecule has 2 amide bonds. The average molecular weight is 208 g/mol. The van der Waals surface area contributed by atoms with Crippen molar-refractivity contribution in [3.05, 3.63) is 12.3 Å². The molecule has 2 aliphatic rings. The van der Waals surface area contributed by atoms with Crippen molar-refractivity contribution in [1.29, 1.82) is 0 Å². The number of hydrogen-bond donors (Lipinski definition) is 0. The molecular formula is C11H16N2O2. The van der Waals surface area contributed by atoms with Crippen molar-refractivity contribution in [2.24, 2.45) is 0 Å². The lowest BCUT2D eigenvalue weighted by Gasteiger charge is -2.23. The van der Waals surface area contributed by atoms with Gasteiger partial charge < -0.3 is 9.80 Å². The van der Waals surface area contributed by atoms with E-state index in [9.17, 15) is 9.59 Å². The Kier molecular flexibility index (Phi) is 3.04. The maximum absolute atomic E-state index is 11.8. The van der Waals surface area contributed by atoms with Gasteiger partial charge in [0.15, 0.2) is 0 Å². The van der Waals surface area contributed by atoms with E-state index in [1.165, 1.54) is 4.90 Å². The Balaban J connectivity index is 1.89. The molecule has 4 nitrogen and oxygen atoms in total. The Bertz CT molecular complexity index is 293. The van der Waals surface area contributed by atoms with Gasteiger partial charge in [0.05, 0.1) is 0 Å². The summed E-state index contributed by atoms with van der Waals surface area (Å²) in [5.41, 5.74) is 0. The van der Waals surface area contributed by atoms with E-state index in [-0.39, 0.29) is 18.4 Å². The zero-order valence-electron chi connectivity index (χ0n) is 8.82. The number of likely N-dealkylation sites (tertiary alicyclic amines) is 1. The van der Waals surface area contributed by atoms with Gasteiger partial charge in [-0.2, -0.15) is 0 Å². The molecule has 2 aliphatic heterocycles. The molecule has 0 radical (unpaired) electrons. The van der Waals surface area contributed by atoms with Crippen LogP contribution >= 0.6 is 0 Å². The van der Waals surface area contributed by atoms with Crippen LogP contribution in [0.3, 0.4) is 0 Å². The van der Waals surface area contributed by atoms with Gasteiger partial charge in [-0.25, -0.2) is 0 Å². The SMILES string of the molecule is O=C1CCC=CN1CC(=O)N1CCCC1. The normalized spacial score (nSPS) is 21.2. The van der Waals surface area contributed by atoms with E-state index in [4.69, 9.17) is 0 Å². The third-order valence-electron chi connectivity index (χ3n) is 2.89. The standard InChI is InChI=1S/C11H16N2O2/c14-10-5-1-2-8-13(10)9-11(15)12-6-3-4-7-12/h2,8H,1,3-7,9H2. The zero-order chi connectivity index (χ0) is 10.7. The van der Waals surface area contributed by atoms with E-state index >= 15 is 0 Å². The lowest BCUT2D eigenvalue weighted by Crippen LogP contribution is -2.40. The van der Waals surface area contributed by atoms with Crippen molar-refractivity contribution >= 4 is 11.8 Å². The minimum absolute atomic E-state index is 0.0602. The molecule has 0 aliphatic carbocycles. The zero-order valence-corrected chi connectivity index (χ0v) is 8.82. The highest BCUT2D eigenvalue weighted by molar-refractivity contribution is 5.86. The second-order valence-corrected chi connectivity index (χ2v) is 4.03. The fraction of sp³-hybridized carbons (Fsp3) is 0.636. The van der Waals surface area contributed by atoms with Crippen molar-refractivity contribution in [1.82, 2.24) is 9.80 Å². The molecule has 15 heavy (non-hydrogen) atoms. The van der Waals surface area contributed by atoms with Crippen LogP contribution in [0.15, 0.2) is 12.3 Å². The Morgan fingerprint density at radius 1 is 1.33 bits per heavy atom. The van der Waals surface area contributed by atoms with Crippen molar-refractivity contribution in [3.8, 4) is 0 Å². The van der Waals surface area contributed by atoms with Crippen LogP contribution in [0.5, 0.6) is 0 Å². The molecule has 2 heterocycles. The van der Waals surface area contributed by atoms with E-state index < -0.39 is 0 Å². The second kappa shape index (κ2) is 4.47. The smallest absolute Gasteiger partial charge is 0.242 e. The van der Waals surface area contributed by atoms with Crippen LogP contribution in [-0.4, -0.2) is 41.2 Å². The van der Waals surface area contributed by atoms with Gasteiger partial charge in [-0.05, 0) is 19.3 Å². The monoisotopic (exact) mass is 208 g/mol. The van der Waals surface area contributed by atoms with Gasteiger partial charge >= 0.3 is 0 Å². The summed E-state index contributed by atoms with van der Waals surface area (Å²) in [6, 6.07) is 0. The summed E-state index contributed by atoms with van der Waals surface area (Å²) in [4.78, 5) is 26.6. The quantitative estimate of drug-likeness (QED) is 0.671. The average Bonchev–Trinajstić information content (AvgIpc) is 2.74. The third kappa shape index (κ3) is 2.37. The van der Waals surface area contributed by atoms with Crippen molar-refractivity contribution in [2.45, 2.75) is 25.7 Å². The first-order valence-electron chi connectivity index (χ1n) is 5.51. The van der Waals surface area contributed by atoms with Crippen LogP contribution < -0.4 is 0 Å². The maximum Gasteiger partial charge on any atom is 0.242 e. The van der Waals surface area contributed by atoms with Crippen molar-refractivity contribution in [2.75, 3.05) is 19.6 Å². The molecule has 0 aromatic carbocycles. The third-order valence-corrected chi connectivity index (χ3v) is 2.89. The molecule has 0 atom stereocenters.